The largest absolute Gasteiger partial charge is 0.497 e. The quantitative estimate of drug-likeness (QED) is 0.733. The van der Waals surface area contributed by atoms with E-state index >= 15 is 0 Å². The summed E-state index contributed by atoms with van der Waals surface area (Å²) in [5.41, 5.74) is 3.95. The minimum atomic E-state index is -0.332. The molecule has 1 unspecified atom stereocenters. The van der Waals surface area contributed by atoms with Gasteiger partial charge in [-0.05, 0) is 43.0 Å². The van der Waals surface area contributed by atoms with E-state index in [1.807, 2.05) is 6.92 Å². The Hall–Kier alpha value is -3.54. The Morgan fingerprint density at radius 1 is 1.14 bits per heavy atom. The number of nitrogens with one attached hydrogen (secondary N) is 1. The molecule has 29 heavy (non-hydrogen) atoms. The van der Waals surface area contributed by atoms with Gasteiger partial charge >= 0.3 is 0 Å². The lowest BCUT2D eigenvalue weighted by Gasteiger charge is -2.23. The van der Waals surface area contributed by atoms with E-state index in [0.717, 1.165) is 5.56 Å². The van der Waals surface area contributed by atoms with Gasteiger partial charge < -0.3 is 4.74 Å². The Labute approximate surface area is 169 Å². The second kappa shape index (κ2) is 7.83. The van der Waals surface area contributed by atoms with E-state index in [2.05, 4.69) is 39.6 Å². The number of hydrogen-bond donors (Lipinski definition) is 1. The summed E-state index contributed by atoms with van der Waals surface area (Å²) in [6, 6.07) is 15.1. The van der Waals surface area contributed by atoms with Gasteiger partial charge in [0.1, 0.15) is 5.75 Å². The number of nitrogens with zero attached hydrogens (tertiary/aromatic N) is 2. The summed E-state index contributed by atoms with van der Waals surface area (Å²) in [7, 11) is 1.55. The molecule has 1 aliphatic carbocycles. The zero-order valence-electron chi connectivity index (χ0n) is 16.3. The minimum Gasteiger partial charge on any atom is -0.497 e. The number of carbonyl (C=O) groups is 2. The third-order valence-electron chi connectivity index (χ3n) is 5.15. The van der Waals surface area contributed by atoms with Gasteiger partial charge in [0.15, 0.2) is 5.78 Å². The highest BCUT2D eigenvalue weighted by atomic mass is 16.5. The lowest BCUT2D eigenvalue weighted by molar-refractivity contribution is 0.0962. The van der Waals surface area contributed by atoms with Crippen molar-refractivity contribution in [3.8, 4) is 5.75 Å². The van der Waals surface area contributed by atoms with Gasteiger partial charge in [0.25, 0.3) is 5.91 Å². The van der Waals surface area contributed by atoms with Gasteiger partial charge in [-0.15, -0.1) is 0 Å². The summed E-state index contributed by atoms with van der Waals surface area (Å²) >= 11 is 0. The third-order valence-corrected chi connectivity index (χ3v) is 5.15. The Kier molecular flexibility index (Phi) is 5.08. The maximum absolute atomic E-state index is 12.6. The molecule has 6 nitrogen and oxygen atoms in total. The average molecular weight is 387 g/mol. The Morgan fingerprint density at radius 3 is 2.69 bits per heavy atom. The van der Waals surface area contributed by atoms with Crippen LogP contribution in [0.4, 0.5) is 5.95 Å². The summed E-state index contributed by atoms with van der Waals surface area (Å²) in [6.07, 6.45) is 2.58. The van der Waals surface area contributed by atoms with Crippen LogP contribution in [0.3, 0.4) is 0 Å². The minimum absolute atomic E-state index is 0.0301. The number of anilines is 1. The first-order chi connectivity index (χ1) is 14.0. The van der Waals surface area contributed by atoms with E-state index < -0.39 is 0 Å². The number of aromatic nitrogens is 2. The van der Waals surface area contributed by atoms with E-state index in [-0.39, 0.29) is 23.6 Å². The number of fused-ring (bicyclic) bond motifs is 1. The molecular formula is C23H21N3O3. The highest BCUT2D eigenvalue weighted by Crippen LogP contribution is 2.32. The molecule has 0 aliphatic heterocycles. The normalized spacial score (nSPS) is 15.5. The zero-order chi connectivity index (χ0) is 20.4. The Morgan fingerprint density at radius 2 is 1.93 bits per heavy atom. The molecule has 0 spiro atoms. The standard InChI is InChI=1S/C23H21N3O3/c1-14-6-8-15(9-7-14)17-11-20-19(21(27)12-17)13-24-23(25-20)26-22(28)16-4-3-5-18(10-16)29-2/h3-10,13,17H,11-12H2,1-2H3,(H,24,25,26,28). The fraction of sp³-hybridized carbons (Fsp3) is 0.217. The van der Waals surface area contributed by atoms with E-state index in [0.29, 0.717) is 35.4 Å². The number of rotatable bonds is 4. The number of ketones is 1. The second-order valence-electron chi connectivity index (χ2n) is 7.18. The van der Waals surface area contributed by atoms with Crippen molar-refractivity contribution in [3.63, 3.8) is 0 Å². The van der Waals surface area contributed by atoms with Crippen LogP contribution < -0.4 is 10.1 Å². The molecule has 0 fully saturated rings. The SMILES string of the molecule is COc1cccc(C(=O)Nc2ncc3c(n2)CC(c2ccc(C)cc2)CC3=O)c1. The Bertz CT molecular complexity index is 1080. The molecule has 1 atom stereocenters. The number of Topliss-reactive ketones (excluding diaryl/α,β-unsaturated/α-hetero) is 1. The molecule has 6 heteroatoms. The van der Waals surface area contributed by atoms with Crippen LogP contribution in [-0.4, -0.2) is 28.8 Å². The van der Waals surface area contributed by atoms with Crippen molar-refractivity contribution in [1.29, 1.82) is 0 Å². The fourth-order valence-electron chi connectivity index (χ4n) is 3.52. The summed E-state index contributed by atoms with van der Waals surface area (Å²) in [6.45, 7) is 2.04. The first-order valence-electron chi connectivity index (χ1n) is 9.44. The number of aryl methyl sites for hydroxylation is 1. The van der Waals surface area contributed by atoms with Crippen molar-refractivity contribution in [3.05, 3.63) is 82.7 Å². The lowest BCUT2D eigenvalue weighted by atomic mass is 9.82. The van der Waals surface area contributed by atoms with Gasteiger partial charge in [-0.1, -0.05) is 35.9 Å². The molecule has 1 N–H and O–H groups in total. The smallest absolute Gasteiger partial charge is 0.258 e. The molecule has 0 saturated carbocycles. The van der Waals surface area contributed by atoms with E-state index in [9.17, 15) is 9.59 Å². The highest BCUT2D eigenvalue weighted by molar-refractivity contribution is 6.04. The number of methoxy groups -OCH3 is 1. The molecule has 3 aromatic rings. The molecule has 2 aromatic carbocycles. The van der Waals surface area contributed by atoms with Crippen LogP contribution in [0.15, 0.2) is 54.7 Å². The van der Waals surface area contributed by atoms with E-state index in [1.165, 1.54) is 11.8 Å². The molecule has 0 saturated heterocycles. The van der Waals surface area contributed by atoms with Crippen molar-refractivity contribution < 1.29 is 14.3 Å². The van der Waals surface area contributed by atoms with Crippen molar-refractivity contribution in [2.24, 2.45) is 0 Å². The number of carbonyl (C=O) groups excluding carboxylic acids is 2. The number of hydrogen-bond acceptors (Lipinski definition) is 5. The maximum atomic E-state index is 12.6. The third kappa shape index (κ3) is 4.01. The summed E-state index contributed by atoms with van der Waals surface area (Å²) in [5.74, 6) is 0.556. The molecule has 146 valence electrons. The van der Waals surface area contributed by atoms with Crippen molar-refractivity contribution in [1.82, 2.24) is 9.97 Å². The van der Waals surface area contributed by atoms with Crippen LogP contribution in [0, 0.1) is 6.92 Å². The van der Waals surface area contributed by atoms with Crippen LogP contribution in [-0.2, 0) is 6.42 Å². The van der Waals surface area contributed by atoms with Gasteiger partial charge in [0.2, 0.25) is 5.95 Å². The summed E-state index contributed by atoms with van der Waals surface area (Å²) in [5, 5.41) is 2.71. The zero-order valence-corrected chi connectivity index (χ0v) is 16.3. The molecule has 0 radical (unpaired) electrons. The maximum Gasteiger partial charge on any atom is 0.258 e. The first kappa shape index (κ1) is 18.8. The summed E-state index contributed by atoms with van der Waals surface area (Å²) < 4.78 is 5.15. The average Bonchev–Trinajstić information content (AvgIpc) is 2.74. The van der Waals surface area contributed by atoms with Gasteiger partial charge in [-0.25, -0.2) is 9.97 Å². The predicted molar refractivity (Wildman–Crippen MR) is 110 cm³/mol. The molecule has 0 bridgehead atoms. The van der Waals surface area contributed by atoms with Crippen LogP contribution in [0.25, 0.3) is 0 Å². The first-order valence-corrected chi connectivity index (χ1v) is 9.44. The molecule has 1 heterocycles. The number of amides is 1. The van der Waals surface area contributed by atoms with Crippen molar-refractivity contribution in [2.75, 3.05) is 12.4 Å². The Balaban J connectivity index is 1.56. The molecule has 1 amide bonds. The number of ether oxygens (including phenoxy) is 1. The monoisotopic (exact) mass is 387 g/mol. The van der Waals surface area contributed by atoms with E-state index in [4.69, 9.17) is 4.74 Å². The summed E-state index contributed by atoms with van der Waals surface area (Å²) in [4.78, 5) is 33.7. The van der Waals surface area contributed by atoms with Gasteiger partial charge in [-0.2, -0.15) is 0 Å². The van der Waals surface area contributed by atoms with Crippen LogP contribution in [0.2, 0.25) is 0 Å². The van der Waals surface area contributed by atoms with E-state index in [1.54, 1.807) is 31.4 Å². The van der Waals surface area contributed by atoms with Crippen LogP contribution in [0.5, 0.6) is 5.75 Å². The van der Waals surface area contributed by atoms with Crippen molar-refractivity contribution >= 4 is 17.6 Å². The van der Waals surface area contributed by atoms with Crippen LogP contribution >= 0.6 is 0 Å². The van der Waals surface area contributed by atoms with Crippen LogP contribution in [0.1, 0.15) is 49.9 Å². The second-order valence-corrected chi connectivity index (χ2v) is 7.18. The van der Waals surface area contributed by atoms with Gasteiger partial charge in [0.05, 0.1) is 18.4 Å². The molecule has 1 aliphatic rings. The lowest BCUT2D eigenvalue weighted by Crippen LogP contribution is -2.22. The van der Waals surface area contributed by atoms with Gasteiger partial charge in [0, 0.05) is 18.2 Å². The molecular weight excluding hydrogens is 366 g/mol. The van der Waals surface area contributed by atoms with Gasteiger partial charge in [-0.3, -0.25) is 14.9 Å². The molecule has 1 aromatic heterocycles. The highest BCUT2D eigenvalue weighted by Gasteiger charge is 2.28. The van der Waals surface area contributed by atoms with Crippen molar-refractivity contribution in [2.45, 2.75) is 25.7 Å². The topological polar surface area (TPSA) is 81.2 Å². The fourth-order valence-corrected chi connectivity index (χ4v) is 3.52. The molecule has 4 rings (SSSR count). The number of benzene rings is 2. The predicted octanol–water partition coefficient (Wildman–Crippen LogP) is 3.96.